The van der Waals surface area contributed by atoms with E-state index in [2.05, 4.69) is 65.8 Å². The minimum atomic E-state index is 0.904. The van der Waals surface area contributed by atoms with E-state index in [1.807, 2.05) is 6.20 Å². The molecule has 1 aromatic heterocycles. The van der Waals surface area contributed by atoms with Crippen LogP contribution >= 0.6 is 0 Å². The molecule has 2 aromatic rings. The number of para-hydroxylation sites is 1. The molecule has 0 unspecified atom stereocenters. The second-order valence-corrected chi connectivity index (χ2v) is 5.10. The molecule has 0 aliphatic heterocycles. The van der Waals surface area contributed by atoms with Crippen LogP contribution in [-0.4, -0.2) is 18.1 Å². The maximum Gasteiger partial charge on any atom is 0.0887 e. The van der Waals surface area contributed by atoms with Crippen molar-refractivity contribution in [2.45, 2.75) is 6.42 Å². The summed E-state index contributed by atoms with van der Waals surface area (Å²) in [5.41, 5.74) is 4.99. The lowest BCUT2D eigenvalue weighted by atomic mass is 10.0. The van der Waals surface area contributed by atoms with Gasteiger partial charge < -0.3 is 10.3 Å². The third-order valence-corrected chi connectivity index (χ3v) is 3.60. The highest BCUT2D eigenvalue weighted by Crippen LogP contribution is 2.17. The first kappa shape index (κ1) is 12.8. The zero-order chi connectivity index (χ0) is 13.8. The van der Waals surface area contributed by atoms with Crippen LogP contribution in [0.4, 0.5) is 0 Å². The van der Waals surface area contributed by atoms with Crippen LogP contribution in [0.3, 0.4) is 0 Å². The Morgan fingerprint density at radius 2 is 2.15 bits per heavy atom. The SMILES string of the molecule is C=C1C=CC(CNCCc2cccc3cc[nH]c23)=C[CH+]1. The molecule has 1 heterocycles. The van der Waals surface area contributed by atoms with Crippen molar-refractivity contribution in [1.29, 1.82) is 0 Å². The molecule has 0 saturated carbocycles. The molecule has 1 aliphatic rings. The molecule has 0 atom stereocenters. The molecular formula is C18H19N2+. The van der Waals surface area contributed by atoms with Crippen LogP contribution in [0.25, 0.3) is 10.9 Å². The minimum Gasteiger partial charge on any atom is -0.361 e. The number of benzene rings is 1. The summed E-state index contributed by atoms with van der Waals surface area (Å²) in [5, 5.41) is 4.78. The average molecular weight is 263 g/mol. The number of nitrogens with one attached hydrogen (secondary N) is 2. The lowest BCUT2D eigenvalue weighted by Crippen LogP contribution is -2.20. The molecule has 3 rings (SSSR count). The van der Waals surface area contributed by atoms with Gasteiger partial charge in [0.2, 0.25) is 0 Å². The molecule has 2 N–H and O–H groups in total. The van der Waals surface area contributed by atoms with Gasteiger partial charge in [-0.15, -0.1) is 0 Å². The van der Waals surface area contributed by atoms with Crippen LogP contribution < -0.4 is 5.32 Å². The minimum absolute atomic E-state index is 0.904. The van der Waals surface area contributed by atoms with E-state index in [0.29, 0.717) is 0 Å². The van der Waals surface area contributed by atoms with Gasteiger partial charge in [-0.2, -0.15) is 0 Å². The summed E-state index contributed by atoms with van der Waals surface area (Å²) < 4.78 is 0. The van der Waals surface area contributed by atoms with E-state index < -0.39 is 0 Å². The molecule has 2 heteroatoms. The Morgan fingerprint density at radius 1 is 1.20 bits per heavy atom. The third kappa shape index (κ3) is 2.86. The van der Waals surface area contributed by atoms with E-state index in [-0.39, 0.29) is 0 Å². The fourth-order valence-corrected chi connectivity index (χ4v) is 2.47. The van der Waals surface area contributed by atoms with Gasteiger partial charge in [0.1, 0.15) is 0 Å². The van der Waals surface area contributed by atoms with Crippen molar-refractivity contribution >= 4 is 10.9 Å². The predicted molar refractivity (Wildman–Crippen MR) is 85.5 cm³/mol. The van der Waals surface area contributed by atoms with Crippen molar-refractivity contribution in [2.24, 2.45) is 0 Å². The summed E-state index contributed by atoms with van der Waals surface area (Å²) in [7, 11) is 0. The maximum absolute atomic E-state index is 3.90. The first-order valence-corrected chi connectivity index (χ1v) is 6.99. The van der Waals surface area contributed by atoms with Crippen molar-refractivity contribution in [3.63, 3.8) is 0 Å². The standard InChI is InChI=1S/C18H19N2/c1-14-5-7-15(8-6-14)13-19-11-9-16-3-2-4-17-10-12-20-18(16)17/h2-8,10,12,19-20H,1,9,11,13H2/q+1. The van der Waals surface area contributed by atoms with Gasteiger partial charge in [0.25, 0.3) is 0 Å². The van der Waals surface area contributed by atoms with E-state index >= 15 is 0 Å². The normalized spacial score (nSPS) is 14.4. The smallest absolute Gasteiger partial charge is 0.0887 e. The Kier molecular flexibility index (Phi) is 3.75. The van der Waals surface area contributed by atoms with Gasteiger partial charge in [-0.3, -0.25) is 0 Å². The van der Waals surface area contributed by atoms with Gasteiger partial charge in [-0.1, -0.05) is 18.2 Å². The van der Waals surface area contributed by atoms with Gasteiger partial charge in [-0.25, -0.2) is 0 Å². The van der Waals surface area contributed by atoms with E-state index in [9.17, 15) is 0 Å². The fraction of sp³-hybridized carbons (Fsp3) is 0.167. The molecule has 0 spiro atoms. The number of aromatic nitrogens is 1. The van der Waals surface area contributed by atoms with Crippen molar-refractivity contribution in [3.05, 3.63) is 78.4 Å². The Balaban J connectivity index is 1.52. The molecule has 20 heavy (non-hydrogen) atoms. The van der Waals surface area contributed by atoms with Crippen LogP contribution in [0.1, 0.15) is 5.56 Å². The number of fused-ring (bicyclic) bond motifs is 1. The summed E-state index contributed by atoms with van der Waals surface area (Å²) >= 11 is 0. The summed E-state index contributed by atoms with van der Waals surface area (Å²) in [6, 6.07) is 8.58. The number of H-pyrrole nitrogens is 1. The van der Waals surface area contributed by atoms with Crippen molar-refractivity contribution < 1.29 is 0 Å². The second kappa shape index (κ2) is 5.85. The maximum atomic E-state index is 3.90. The highest BCUT2D eigenvalue weighted by molar-refractivity contribution is 5.82. The highest BCUT2D eigenvalue weighted by Gasteiger charge is 2.06. The zero-order valence-electron chi connectivity index (χ0n) is 11.5. The van der Waals surface area contributed by atoms with Gasteiger partial charge in [0.15, 0.2) is 0 Å². The molecule has 0 amide bonds. The van der Waals surface area contributed by atoms with Crippen molar-refractivity contribution in [2.75, 3.05) is 13.1 Å². The number of hydrogen-bond acceptors (Lipinski definition) is 1. The second-order valence-electron chi connectivity index (χ2n) is 5.10. The first-order valence-electron chi connectivity index (χ1n) is 6.99. The number of hydrogen-bond donors (Lipinski definition) is 2. The number of aromatic amines is 1. The first-order chi connectivity index (χ1) is 9.83. The Bertz CT molecular complexity index is 674. The molecule has 100 valence electrons. The van der Waals surface area contributed by atoms with Gasteiger partial charge in [0, 0.05) is 48.5 Å². The third-order valence-electron chi connectivity index (χ3n) is 3.60. The van der Waals surface area contributed by atoms with Crippen LogP contribution in [0, 0.1) is 6.42 Å². The molecule has 1 aromatic carbocycles. The quantitative estimate of drug-likeness (QED) is 0.626. The average Bonchev–Trinajstić information content (AvgIpc) is 2.94. The van der Waals surface area contributed by atoms with Gasteiger partial charge >= 0.3 is 0 Å². The molecule has 0 saturated heterocycles. The summed E-state index contributed by atoms with van der Waals surface area (Å²) in [5.74, 6) is 0. The largest absolute Gasteiger partial charge is 0.361 e. The topological polar surface area (TPSA) is 27.8 Å². The van der Waals surface area contributed by atoms with Crippen molar-refractivity contribution in [1.82, 2.24) is 10.3 Å². The van der Waals surface area contributed by atoms with Crippen LogP contribution in [0.2, 0.25) is 0 Å². The van der Waals surface area contributed by atoms with Gasteiger partial charge in [0.05, 0.1) is 12.1 Å². The Hall–Kier alpha value is -2.19. The highest BCUT2D eigenvalue weighted by atomic mass is 14.8. The molecule has 0 radical (unpaired) electrons. The lowest BCUT2D eigenvalue weighted by Gasteiger charge is -2.06. The molecule has 1 aliphatic carbocycles. The molecular weight excluding hydrogens is 244 g/mol. The Morgan fingerprint density at radius 3 is 3.00 bits per heavy atom. The molecule has 0 bridgehead atoms. The van der Waals surface area contributed by atoms with E-state index in [4.69, 9.17) is 0 Å². The lowest BCUT2D eigenvalue weighted by molar-refractivity contribution is 0.735. The summed E-state index contributed by atoms with van der Waals surface area (Å²) in [6.45, 7) is 5.78. The van der Waals surface area contributed by atoms with Crippen molar-refractivity contribution in [3.8, 4) is 0 Å². The zero-order valence-corrected chi connectivity index (χ0v) is 11.5. The number of allylic oxidation sites excluding steroid dienone is 3. The van der Waals surface area contributed by atoms with E-state index in [1.165, 1.54) is 22.0 Å². The molecule has 2 nitrogen and oxygen atoms in total. The Labute approximate surface area is 119 Å². The monoisotopic (exact) mass is 263 g/mol. The van der Waals surface area contributed by atoms with E-state index in [0.717, 1.165) is 25.1 Å². The van der Waals surface area contributed by atoms with Crippen LogP contribution in [0.15, 0.2) is 66.4 Å². The van der Waals surface area contributed by atoms with Gasteiger partial charge in [-0.05, 0) is 30.0 Å². The van der Waals surface area contributed by atoms with E-state index in [1.54, 1.807) is 0 Å². The van der Waals surface area contributed by atoms with Crippen LogP contribution in [0.5, 0.6) is 0 Å². The summed E-state index contributed by atoms with van der Waals surface area (Å²) in [4.78, 5) is 3.32. The summed E-state index contributed by atoms with van der Waals surface area (Å²) in [6.07, 6.45) is 11.4. The van der Waals surface area contributed by atoms with Crippen LogP contribution in [-0.2, 0) is 6.42 Å². The molecule has 0 fully saturated rings. The predicted octanol–water partition coefficient (Wildman–Crippen LogP) is 3.56. The number of rotatable bonds is 5. The fourth-order valence-electron chi connectivity index (χ4n) is 2.47.